The Morgan fingerprint density at radius 2 is 1.45 bits per heavy atom. The molecule has 3 aromatic heterocycles. The molecule has 338 valence electrons. The van der Waals surface area contributed by atoms with Crippen LogP contribution in [0.5, 0.6) is 17.4 Å². The van der Waals surface area contributed by atoms with Gasteiger partial charge in [-0.1, -0.05) is 74.5 Å². The van der Waals surface area contributed by atoms with Gasteiger partial charge in [0.2, 0.25) is 17.7 Å². The first-order chi connectivity index (χ1) is 30.9. The Labute approximate surface area is 376 Å². The average Bonchev–Trinajstić information content (AvgIpc) is 3.92. The number of hydrogen-bond acceptors (Lipinski definition) is 13. The number of ether oxygens (including phenoxy) is 5. The molecule has 6 aromatic rings. The fourth-order valence-corrected chi connectivity index (χ4v) is 9.42. The van der Waals surface area contributed by atoms with Crippen LogP contribution in [0.4, 0.5) is 5.95 Å². The van der Waals surface area contributed by atoms with Gasteiger partial charge in [-0.2, -0.15) is 9.97 Å². The Morgan fingerprint density at radius 1 is 0.828 bits per heavy atom. The Hall–Kier alpha value is -5.54. The zero-order valence-electron chi connectivity index (χ0n) is 37.9. The summed E-state index contributed by atoms with van der Waals surface area (Å²) >= 11 is 0. The molecule has 7 rings (SSSR count). The molecular formula is C48H58N7O8P. The van der Waals surface area contributed by atoms with Crippen LogP contribution in [0, 0.1) is 5.92 Å². The van der Waals surface area contributed by atoms with Crippen LogP contribution in [0.15, 0.2) is 110 Å². The number of aromatic nitrogens is 5. The second kappa shape index (κ2) is 21.0. The van der Waals surface area contributed by atoms with E-state index in [4.69, 9.17) is 42.7 Å². The highest BCUT2D eigenvalue weighted by atomic mass is 31.2. The lowest BCUT2D eigenvalue weighted by Crippen LogP contribution is -2.39. The number of pyridine rings is 1. The lowest BCUT2D eigenvalue weighted by atomic mass is 9.80. The lowest BCUT2D eigenvalue weighted by Gasteiger charge is -2.38. The lowest BCUT2D eigenvalue weighted by molar-refractivity contribution is -0.118. The van der Waals surface area contributed by atoms with Crippen LogP contribution in [0.1, 0.15) is 76.6 Å². The maximum Gasteiger partial charge on any atom is 0.259 e. The number of benzene rings is 3. The third-order valence-corrected chi connectivity index (χ3v) is 13.1. The summed E-state index contributed by atoms with van der Waals surface area (Å²) in [5.41, 5.74) is 3.07. The summed E-state index contributed by atoms with van der Waals surface area (Å²) in [6.45, 7) is 12.3. The van der Waals surface area contributed by atoms with E-state index < -0.39 is 32.6 Å². The van der Waals surface area contributed by atoms with E-state index in [2.05, 4.69) is 59.8 Å². The first-order valence-electron chi connectivity index (χ1n) is 21.5. The van der Waals surface area contributed by atoms with Crippen molar-refractivity contribution in [1.82, 2.24) is 29.2 Å². The predicted molar refractivity (Wildman–Crippen MR) is 245 cm³/mol. The summed E-state index contributed by atoms with van der Waals surface area (Å²) in [5.74, 6) is 1.15. The van der Waals surface area contributed by atoms with Gasteiger partial charge in [0.1, 0.15) is 36.0 Å². The maximum atomic E-state index is 13.0. The minimum absolute atomic E-state index is 0.0775. The SMILES string of the molecule is COc1ccc(C(OC[C@H]2O[C@@H](n3cnc4c(OCc5ccccn5)nc(NC(=O)C(C)C)nc43)C[C@@H]2OP(OC)N(C(C)C)C(C)C)(c2ccccc2)c2ccc(OC)cc2)cc1. The van der Waals surface area contributed by atoms with E-state index in [0.29, 0.717) is 23.3 Å². The molecule has 0 aliphatic carbocycles. The van der Waals surface area contributed by atoms with Gasteiger partial charge in [-0.05, 0) is 80.8 Å². The number of nitrogens with one attached hydrogen (secondary N) is 1. The molecule has 1 saturated heterocycles. The molecule has 3 aromatic carbocycles. The Bertz CT molecular complexity index is 2370. The van der Waals surface area contributed by atoms with E-state index in [1.165, 1.54) is 0 Å². The summed E-state index contributed by atoms with van der Waals surface area (Å²) in [6, 6.07) is 31.8. The van der Waals surface area contributed by atoms with Crippen LogP contribution in [0.2, 0.25) is 0 Å². The van der Waals surface area contributed by atoms with Gasteiger partial charge < -0.3 is 32.7 Å². The molecule has 0 saturated carbocycles. The number of rotatable bonds is 20. The summed E-state index contributed by atoms with van der Waals surface area (Å²) in [7, 11) is 3.44. The quantitative estimate of drug-likeness (QED) is 0.0573. The van der Waals surface area contributed by atoms with E-state index >= 15 is 0 Å². The normalized spacial score (nSPS) is 17.1. The van der Waals surface area contributed by atoms with Crippen molar-refractivity contribution >= 4 is 31.5 Å². The van der Waals surface area contributed by atoms with Gasteiger partial charge in [0.25, 0.3) is 8.53 Å². The molecule has 15 nitrogen and oxygen atoms in total. The van der Waals surface area contributed by atoms with E-state index in [0.717, 1.165) is 28.2 Å². The molecule has 1 aliphatic heterocycles. The van der Waals surface area contributed by atoms with Crippen LogP contribution in [0.3, 0.4) is 0 Å². The molecule has 0 radical (unpaired) electrons. The molecule has 0 spiro atoms. The average molecular weight is 892 g/mol. The molecule has 16 heteroatoms. The van der Waals surface area contributed by atoms with Crippen molar-refractivity contribution in [3.05, 3.63) is 132 Å². The van der Waals surface area contributed by atoms with Gasteiger partial charge in [0.05, 0.1) is 39.0 Å². The van der Waals surface area contributed by atoms with Gasteiger partial charge in [-0.15, -0.1) is 0 Å². The fraction of sp³-hybridized carbons (Fsp3) is 0.396. The number of carbonyl (C=O) groups excluding carboxylic acids is 1. The molecule has 64 heavy (non-hydrogen) atoms. The van der Waals surface area contributed by atoms with Crippen LogP contribution >= 0.6 is 8.53 Å². The van der Waals surface area contributed by atoms with Gasteiger partial charge >= 0.3 is 0 Å². The topological polar surface area (TPSA) is 153 Å². The van der Waals surface area contributed by atoms with Crippen molar-refractivity contribution in [2.45, 2.75) is 90.7 Å². The van der Waals surface area contributed by atoms with Crippen LogP contribution in [-0.2, 0) is 35.5 Å². The summed E-state index contributed by atoms with van der Waals surface area (Å²) in [4.78, 5) is 31.5. The number of methoxy groups -OCH3 is 2. The van der Waals surface area contributed by atoms with Crippen molar-refractivity contribution in [2.75, 3.05) is 33.3 Å². The van der Waals surface area contributed by atoms with Crippen LogP contribution in [-0.4, -0.2) is 87.3 Å². The van der Waals surface area contributed by atoms with E-state index in [9.17, 15) is 4.79 Å². The molecule has 4 heterocycles. The summed E-state index contributed by atoms with van der Waals surface area (Å²) < 4.78 is 49.0. The minimum Gasteiger partial charge on any atom is -0.497 e. The van der Waals surface area contributed by atoms with Crippen molar-refractivity contribution in [3.8, 4) is 17.4 Å². The van der Waals surface area contributed by atoms with Crippen molar-refractivity contribution in [3.63, 3.8) is 0 Å². The molecule has 0 bridgehead atoms. The number of imidazole rings is 1. The second-order valence-corrected chi connectivity index (χ2v) is 17.8. The molecule has 1 amide bonds. The number of hydrogen-bond donors (Lipinski definition) is 1. The Balaban J connectivity index is 1.30. The molecule has 1 fully saturated rings. The van der Waals surface area contributed by atoms with Crippen LogP contribution < -0.4 is 19.5 Å². The molecular weight excluding hydrogens is 834 g/mol. The maximum absolute atomic E-state index is 13.0. The third kappa shape index (κ3) is 10.2. The molecule has 1 N–H and O–H groups in total. The zero-order valence-corrected chi connectivity index (χ0v) is 38.8. The second-order valence-electron chi connectivity index (χ2n) is 16.2. The zero-order chi connectivity index (χ0) is 45.4. The largest absolute Gasteiger partial charge is 0.497 e. The van der Waals surface area contributed by atoms with Gasteiger partial charge in [-0.25, -0.2) is 9.65 Å². The van der Waals surface area contributed by atoms with Gasteiger partial charge in [-0.3, -0.25) is 19.7 Å². The molecule has 1 aliphatic rings. The van der Waals surface area contributed by atoms with Crippen molar-refractivity contribution < 1.29 is 37.5 Å². The fourth-order valence-electron chi connectivity index (χ4n) is 7.83. The van der Waals surface area contributed by atoms with Crippen LogP contribution in [0.25, 0.3) is 11.2 Å². The van der Waals surface area contributed by atoms with Crippen molar-refractivity contribution in [1.29, 1.82) is 0 Å². The number of carbonyl (C=O) groups is 1. The third-order valence-electron chi connectivity index (χ3n) is 11.0. The number of nitrogens with zero attached hydrogens (tertiary/aromatic N) is 6. The van der Waals surface area contributed by atoms with Gasteiger partial charge in [0.15, 0.2) is 11.2 Å². The van der Waals surface area contributed by atoms with Crippen molar-refractivity contribution in [2.24, 2.45) is 5.92 Å². The highest BCUT2D eigenvalue weighted by Gasteiger charge is 2.45. The number of fused-ring (bicyclic) bond motifs is 1. The highest BCUT2D eigenvalue weighted by molar-refractivity contribution is 7.44. The predicted octanol–water partition coefficient (Wildman–Crippen LogP) is 9.09. The monoisotopic (exact) mass is 891 g/mol. The Morgan fingerprint density at radius 3 is 2.02 bits per heavy atom. The molecule has 1 unspecified atom stereocenters. The minimum atomic E-state index is -1.54. The standard InChI is InChI=1S/C48H58N7O8P/c1-31(2)45(56)52-47-51-44-43(46(53-47)60-28-37-17-13-14-26-49-37)50-30-54(44)42-27-40(63-64(59-9)55(32(3)4)33(5)6)41(62-42)29-61-48(34-15-11-10-12-16-34,35-18-22-38(57-7)23-19-35)36-20-24-39(58-8)25-21-36/h10-26,30-33,40-42H,27-29H2,1-9H3,(H,51,52,53,56)/t40-,41+,42+,64?/m0/s1. The smallest absolute Gasteiger partial charge is 0.259 e. The molecule has 4 atom stereocenters. The van der Waals surface area contributed by atoms with Gasteiger partial charge in [0, 0.05) is 37.7 Å². The van der Waals surface area contributed by atoms with E-state index in [-0.39, 0.29) is 49.0 Å². The van der Waals surface area contributed by atoms with E-state index in [1.54, 1.807) is 47.7 Å². The number of anilines is 1. The first-order valence-corrected chi connectivity index (χ1v) is 22.6. The summed E-state index contributed by atoms with van der Waals surface area (Å²) in [5, 5.41) is 2.84. The summed E-state index contributed by atoms with van der Waals surface area (Å²) in [6.07, 6.45) is 1.96. The number of amides is 1. The van der Waals surface area contributed by atoms with E-state index in [1.807, 2.05) is 89.5 Å². The Kier molecular flexibility index (Phi) is 15.2. The highest BCUT2D eigenvalue weighted by Crippen LogP contribution is 2.50. The first kappa shape index (κ1) is 46.5.